The number of rotatable bonds is 3. The highest BCUT2D eigenvalue weighted by Crippen LogP contribution is 2.37. The minimum atomic E-state index is 0.579. The molecule has 3 aromatic rings. The van der Waals surface area contributed by atoms with Crippen LogP contribution < -0.4 is 5.73 Å². The molecule has 0 atom stereocenters. The molecule has 4 nitrogen and oxygen atoms in total. The number of hydrogen-bond acceptors (Lipinski definition) is 3. The molecule has 1 aromatic carbocycles. The summed E-state index contributed by atoms with van der Waals surface area (Å²) in [7, 11) is 0. The third-order valence-electron chi connectivity index (χ3n) is 3.04. The van der Waals surface area contributed by atoms with Crippen LogP contribution in [0.25, 0.3) is 22.5 Å². The molecule has 0 amide bonds. The molecule has 0 unspecified atom stereocenters. The molecule has 19 heavy (non-hydrogen) atoms. The summed E-state index contributed by atoms with van der Waals surface area (Å²) >= 11 is 4.77. The molecule has 3 rings (SSSR count). The Balaban J connectivity index is 2.28. The molecular formula is C14H12N4S. The number of nitrogens with one attached hydrogen (secondary N) is 2. The van der Waals surface area contributed by atoms with Crippen molar-refractivity contribution < 1.29 is 0 Å². The molecule has 2 heterocycles. The second-order valence-corrected chi connectivity index (χ2v) is 4.40. The highest BCUT2D eigenvalue weighted by molar-refractivity contribution is 7.47. The van der Waals surface area contributed by atoms with Crippen LogP contribution in [0, 0.1) is 0 Å². The van der Waals surface area contributed by atoms with Crippen molar-refractivity contribution in [1.29, 1.82) is 0 Å². The Morgan fingerprint density at radius 3 is 2.00 bits per heavy atom. The third-order valence-corrected chi connectivity index (χ3v) is 3.24. The summed E-state index contributed by atoms with van der Waals surface area (Å²) in [5.41, 5.74) is 11.2. The van der Waals surface area contributed by atoms with Gasteiger partial charge in [0, 0.05) is 47.3 Å². The second kappa shape index (κ2) is 4.70. The van der Waals surface area contributed by atoms with Crippen molar-refractivity contribution in [3.8, 4) is 22.5 Å². The van der Waals surface area contributed by atoms with Gasteiger partial charge in [0.15, 0.2) is 0 Å². The predicted octanol–water partition coefficient (Wildman–Crippen LogP) is 3.62. The molecule has 0 bridgehead atoms. The zero-order valence-corrected chi connectivity index (χ0v) is 10.9. The lowest BCUT2D eigenvalue weighted by atomic mass is 10.00. The summed E-state index contributed by atoms with van der Waals surface area (Å²) < 4.78 is 3.80. The quantitative estimate of drug-likeness (QED) is 0.635. The van der Waals surface area contributed by atoms with Gasteiger partial charge in [-0.2, -0.15) is 4.36 Å². The lowest BCUT2D eigenvalue weighted by Gasteiger charge is -2.10. The minimum absolute atomic E-state index is 0.579. The van der Waals surface area contributed by atoms with Crippen LogP contribution in [0.2, 0.25) is 0 Å². The molecule has 94 valence electrons. The molecule has 0 aliphatic rings. The van der Waals surface area contributed by atoms with Crippen molar-refractivity contribution in [3.05, 3.63) is 48.8 Å². The van der Waals surface area contributed by atoms with E-state index in [2.05, 4.69) is 14.3 Å². The summed E-state index contributed by atoms with van der Waals surface area (Å²) in [6.07, 6.45) is 3.77. The number of nitrogen functional groups attached to an aromatic ring is 1. The molecule has 0 spiro atoms. The Bertz CT molecular complexity index is 699. The number of aromatic amines is 2. The van der Waals surface area contributed by atoms with Gasteiger partial charge < -0.3 is 15.7 Å². The van der Waals surface area contributed by atoms with Crippen molar-refractivity contribution >= 4 is 23.8 Å². The standard InChI is InChI=1S/C14H12N4S/c15-11-7-9(12-3-1-5-16-12)10(8-14(11)18-19)13-4-2-6-17-13/h1-8,16-17H,15H2. The first-order valence-corrected chi connectivity index (χ1v) is 6.20. The largest absolute Gasteiger partial charge is 0.397 e. The van der Waals surface area contributed by atoms with E-state index in [1.807, 2.05) is 48.8 Å². The van der Waals surface area contributed by atoms with Gasteiger partial charge in [-0.25, -0.2) is 0 Å². The highest BCUT2D eigenvalue weighted by atomic mass is 32.1. The van der Waals surface area contributed by atoms with Gasteiger partial charge in [0.05, 0.1) is 5.69 Å². The van der Waals surface area contributed by atoms with Crippen LogP contribution in [0.5, 0.6) is 0 Å². The number of H-pyrrole nitrogens is 2. The monoisotopic (exact) mass is 268 g/mol. The topological polar surface area (TPSA) is 70.0 Å². The van der Waals surface area contributed by atoms with E-state index in [1.165, 1.54) is 0 Å². The van der Waals surface area contributed by atoms with Crippen molar-refractivity contribution in [3.63, 3.8) is 0 Å². The van der Waals surface area contributed by atoms with Gasteiger partial charge in [-0.05, 0) is 36.4 Å². The maximum absolute atomic E-state index is 5.98. The molecule has 0 aliphatic heterocycles. The maximum atomic E-state index is 5.98. The zero-order chi connectivity index (χ0) is 13.2. The van der Waals surface area contributed by atoms with E-state index in [0.717, 1.165) is 22.5 Å². The Kier molecular flexibility index (Phi) is 2.89. The summed E-state index contributed by atoms with van der Waals surface area (Å²) in [5, 5.41) is 0. The number of nitrogens with zero attached hydrogens (tertiary/aromatic N) is 1. The average molecular weight is 268 g/mol. The van der Waals surface area contributed by atoms with E-state index < -0.39 is 0 Å². The molecule has 0 radical (unpaired) electrons. The van der Waals surface area contributed by atoms with Crippen LogP contribution in [0.3, 0.4) is 0 Å². The number of nitrogens with two attached hydrogens (primary N) is 1. The summed E-state index contributed by atoms with van der Waals surface area (Å²) in [4.78, 5) is 6.39. The van der Waals surface area contributed by atoms with Gasteiger partial charge in [0.25, 0.3) is 0 Å². The van der Waals surface area contributed by atoms with E-state index in [4.69, 9.17) is 18.2 Å². The van der Waals surface area contributed by atoms with E-state index in [1.54, 1.807) is 0 Å². The fourth-order valence-electron chi connectivity index (χ4n) is 2.13. The van der Waals surface area contributed by atoms with E-state index >= 15 is 0 Å². The van der Waals surface area contributed by atoms with Crippen LogP contribution in [0.4, 0.5) is 11.4 Å². The highest BCUT2D eigenvalue weighted by Gasteiger charge is 2.12. The first-order chi connectivity index (χ1) is 9.29. The fraction of sp³-hybridized carbons (Fsp3) is 0. The average Bonchev–Trinajstić information content (AvgIpc) is 3.11. The first-order valence-electron chi connectivity index (χ1n) is 5.84. The van der Waals surface area contributed by atoms with Crippen molar-refractivity contribution in [1.82, 2.24) is 9.97 Å². The van der Waals surface area contributed by atoms with Crippen molar-refractivity contribution in [2.45, 2.75) is 0 Å². The van der Waals surface area contributed by atoms with Gasteiger partial charge in [0.2, 0.25) is 0 Å². The zero-order valence-electron chi connectivity index (χ0n) is 10.1. The smallest absolute Gasteiger partial charge is 0.101 e. The van der Waals surface area contributed by atoms with Gasteiger partial charge >= 0.3 is 0 Å². The lowest BCUT2D eigenvalue weighted by molar-refractivity contribution is 1.37. The molecular weight excluding hydrogens is 256 g/mol. The lowest BCUT2D eigenvalue weighted by Crippen LogP contribution is -1.91. The van der Waals surface area contributed by atoms with Crippen LogP contribution in [-0.4, -0.2) is 9.97 Å². The predicted molar refractivity (Wildman–Crippen MR) is 79.9 cm³/mol. The number of hydrogen-bond donors (Lipinski definition) is 3. The van der Waals surface area contributed by atoms with E-state index in [9.17, 15) is 0 Å². The summed E-state index contributed by atoms with van der Waals surface area (Å²) in [6.45, 7) is 0. The van der Waals surface area contributed by atoms with Gasteiger partial charge in [0.1, 0.15) is 5.69 Å². The molecule has 2 aromatic heterocycles. The molecule has 0 aliphatic carbocycles. The Morgan fingerprint density at radius 1 is 0.947 bits per heavy atom. The van der Waals surface area contributed by atoms with Crippen LogP contribution in [-0.2, 0) is 12.4 Å². The first kappa shape index (κ1) is 11.7. The molecule has 4 N–H and O–H groups in total. The van der Waals surface area contributed by atoms with E-state index in [-0.39, 0.29) is 0 Å². The van der Waals surface area contributed by atoms with Gasteiger partial charge in [-0.3, -0.25) is 0 Å². The second-order valence-electron chi connectivity index (χ2n) is 4.22. The molecule has 0 saturated heterocycles. The summed E-state index contributed by atoms with van der Waals surface area (Å²) in [6, 6.07) is 11.7. The van der Waals surface area contributed by atoms with Gasteiger partial charge in [-0.1, -0.05) is 0 Å². The Labute approximate surface area is 115 Å². The van der Waals surface area contributed by atoms with Crippen LogP contribution >= 0.6 is 0 Å². The minimum Gasteiger partial charge on any atom is -0.397 e. The fourth-order valence-corrected chi connectivity index (χ4v) is 2.28. The number of anilines is 1. The van der Waals surface area contributed by atoms with Crippen molar-refractivity contribution in [2.75, 3.05) is 5.73 Å². The van der Waals surface area contributed by atoms with Crippen LogP contribution in [0.1, 0.15) is 0 Å². The molecule has 0 fully saturated rings. The summed E-state index contributed by atoms with van der Waals surface area (Å²) in [5.74, 6) is 0. The number of aromatic nitrogens is 2. The SMILES string of the molecule is Nc1cc(-c2ccc[nH]2)c(-c2ccc[nH]2)cc1N=S. The van der Waals surface area contributed by atoms with Crippen molar-refractivity contribution in [2.24, 2.45) is 4.36 Å². The van der Waals surface area contributed by atoms with E-state index in [0.29, 0.717) is 11.4 Å². The molecule has 0 saturated carbocycles. The Morgan fingerprint density at radius 2 is 1.53 bits per heavy atom. The Hall–Kier alpha value is -2.40. The van der Waals surface area contributed by atoms with Crippen LogP contribution in [0.15, 0.2) is 53.2 Å². The molecule has 5 heteroatoms. The van der Waals surface area contributed by atoms with Gasteiger partial charge in [-0.15, -0.1) is 0 Å². The normalized spacial score (nSPS) is 10.5. The maximum Gasteiger partial charge on any atom is 0.101 e. The third kappa shape index (κ3) is 2.04. The number of benzene rings is 1.